The number of benzene rings is 2. The van der Waals surface area contributed by atoms with E-state index in [4.69, 9.17) is 4.74 Å². The van der Waals surface area contributed by atoms with E-state index in [0.717, 1.165) is 16.0 Å². The Balaban J connectivity index is 1.67. The van der Waals surface area contributed by atoms with Gasteiger partial charge in [-0.05, 0) is 30.2 Å². The van der Waals surface area contributed by atoms with Gasteiger partial charge in [0.2, 0.25) is 0 Å². The highest BCUT2D eigenvalue weighted by molar-refractivity contribution is 7.14. The van der Waals surface area contributed by atoms with Gasteiger partial charge in [-0.15, -0.1) is 11.3 Å². The van der Waals surface area contributed by atoms with E-state index in [9.17, 15) is 9.59 Å². The molecule has 0 aliphatic heterocycles. The van der Waals surface area contributed by atoms with Crippen molar-refractivity contribution >= 4 is 23.1 Å². The van der Waals surface area contributed by atoms with Gasteiger partial charge in [-0.1, -0.05) is 60.7 Å². The van der Waals surface area contributed by atoms with E-state index in [-0.39, 0.29) is 24.6 Å². The summed E-state index contributed by atoms with van der Waals surface area (Å²) in [7, 11) is 0. The predicted molar refractivity (Wildman–Crippen MR) is 103 cm³/mol. The minimum absolute atomic E-state index is 0.0176. The van der Waals surface area contributed by atoms with Crippen molar-refractivity contribution in [2.75, 3.05) is 0 Å². The third-order valence-electron chi connectivity index (χ3n) is 4.03. The van der Waals surface area contributed by atoms with Gasteiger partial charge >= 0.3 is 5.97 Å². The summed E-state index contributed by atoms with van der Waals surface area (Å²) in [5.41, 5.74) is 1.82. The van der Waals surface area contributed by atoms with Crippen LogP contribution in [0.4, 0.5) is 0 Å². The van der Waals surface area contributed by atoms with E-state index in [1.807, 2.05) is 79.7 Å². The first-order valence-electron chi connectivity index (χ1n) is 8.52. The molecule has 0 N–H and O–H groups in total. The first-order chi connectivity index (χ1) is 12.6. The second-order valence-corrected chi connectivity index (χ2v) is 7.31. The molecule has 0 unspecified atom stereocenters. The molecule has 0 spiro atoms. The van der Waals surface area contributed by atoms with E-state index >= 15 is 0 Å². The maximum atomic E-state index is 12.4. The number of carbonyl (C=O) groups is 2. The van der Waals surface area contributed by atoms with Gasteiger partial charge in [0.25, 0.3) is 0 Å². The van der Waals surface area contributed by atoms with Crippen molar-refractivity contribution in [1.29, 1.82) is 0 Å². The zero-order chi connectivity index (χ0) is 18.4. The van der Waals surface area contributed by atoms with Crippen LogP contribution in [-0.2, 0) is 9.53 Å². The number of ketones is 1. The molecule has 0 aliphatic rings. The van der Waals surface area contributed by atoms with Crippen LogP contribution in [-0.4, -0.2) is 11.8 Å². The Morgan fingerprint density at radius 3 is 1.92 bits per heavy atom. The lowest BCUT2D eigenvalue weighted by molar-refractivity contribution is -0.147. The average Bonchev–Trinajstić information content (AvgIpc) is 3.12. The highest BCUT2D eigenvalue weighted by Gasteiger charge is 2.20. The Morgan fingerprint density at radius 2 is 1.42 bits per heavy atom. The predicted octanol–water partition coefficient (Wildman–Crippen LogP) is 5.35. The molecule has 0 bridgehead atoms. The smallest absolute Gasteiger partial charge is 0.307 e. The third kappa shape index (κ3) is 4.67. The normalized spacial score (nSPS) is 10.7. The molecule has 0 atom stereocenters. The third-order valence-corrected chi connectivity index (χ3v) is 5.07. The van der Waals surface area contributed by atoms with Crippen LogP contribution in [0.3, 0.4) is 0 Å². The summed E-state index contributed by atoms with van der Waals surface area (Å²) in [4.78, 5) is 26.3. The summed E-state index contributed by atoms with van der Waals surface area (Å²) in [6.07, 6.45) is -0.231. The van der Waals surface area contributed by atoms with Crippen molar-refractivity contribution in [3.63, 3.8) is 0 Å². The number of hydrogen-bond donors (Lipinski definition) is 0. The molecule has 26 heavy (non-hydrogen) atoms. The summed E-state index contributed by atoms with van der Waals surface area (Å²) >= 11 is 1.45. The molecule has 3 nitrogen and oxygen atoms in total. The zero-order valence-electron chi connectivity index (χ0n) is 14.6. The standard InChI is InChI=1S/C22H20O3S/c1-16-12-14-20(26-16)19(23)13-15-21(24)25-22(17-8-4-2-5-9-17)18-10-6-3-7-11-18/h2-12,14,22H,13,15H2,1H3. The minimum atomic E-state index is -0.469. The Kier molecular flexibility index (Phi) is 5.97. The number of rotatable bonds is 7. The molecule has 0 saturated heterocycles. The molecule has 3 aromatic rings. The van der Waals surface area contributed by atoms with Crippen LogP contribution in [0.15, 0.2) is 72.8 Å². The Bertz CT molecular complexity index is 829. The van der Waals surface area contributed by atoms with E-state index < -0.39 is 6.10 Å². The van der Waals surface area contributed by atoms with Crippen LogP contribution in [0.25, 0.3) is 0 Å². The van der Waals surface area contributed by atoms with Gasteiger partial charge in [0.15, 0.2) is 11.9 Å². The minimum Gasteiger partial charge on any atom is -0.453 e. The molecule has 0 saturated carbocycles. The largest absolute Gasteiger partial charge is 0.453 e. The number of aryl methyl sites for hydroxylation is 1. The molecule has 0 fully saturated rings. The molecule has 1 heterocycles. The topological polar surface area (TPSA) is 43.4 Å². The fourth-order valence-electron chi connectivity index (χ4n) is 2.70. The van der Waals surface area contributed by atoms with Gasteiger partial charge in [0.1, 0.15) is 0 Å². The average molecular weight is 364 g/mol. The van der Waals surface area contributed by atoms with Crippen molar-refractivity contribution < 1.29 is 14.3 Å². The van der Waals surface area contributed by atoms with Gasteiger partial charge in [-0.2, -0.15) is 0 Å². The van der Waals surface area contributed by atoms with Crippen LogP contribution >= 0.6 is 11.3 Å². The monoisotopic (exact) mass is 364 g/mol. The summed E-state index contributed by atoms with van der Waals surface area (Å²) in [5, 5.41) is 0. The quantitative estimate of drug-likeness (QED) is 0.419. The van der Waals surface area contributed by atoms with Gasteiger partial charge in [0, 0.05) is 11.3 Å². The number of thiophene rings is 1. The lowest BCUT2D eigenvalue weighted by Crippen LogP contribution is -2.14. The van der Waals surface area contributed by atoms with E-state index in [1.54, 1.807) is 0 Å². The first-order valence-corrected chi connectivity index (χ1v) is 9.34. The number of carbonyl (C=O) groups excluding carboxylic acids is 2. The number of Topliss-reactive ketones (excluding diaryl/α,β-unsaturated/α-hetero) is 1. The molecular weight excluding hydrogens is 344 g/mol. The summed E-state index contributed by atoms with van der Waals surface area (Å²) in [6.45, 7) is 1.96. The van der Waals surface area contributed by atoms with Crippen molar-refractivity contribution in [2.45, 2.75) is 25.9 Å². The van der Waals surface area contributed by atoms with E-state index in [0.29, 0.717) is 4.88 Å². The maximum absolute atomic E-state index is 12.4. The lowest BCUT2D eigenvalue weighted by Gasteiger charge is -2.18. The summed E-state index contributed by atoms with van der Waals surface area (Å²) in [5.74, 6) is -0.389. The highest BCUT2D eigenvalue weighted by Crippen LogP contribution is 2.26. The molecule has 2 aromatic carbocycles. The van der Waals surface area contributed by atoms with Crippen LogP contribution in [0.2, 0.25) is 0 Å². The molecular formula is C22H20O3S. The number of ether oxygens (including phenoxy) is 1. The second kappa shape index (κ2) is 8.59. The SMILES string of the molecule is Cc1ccc(C(=O)CCC(=O)OC(c2ccccc2)c2ccccc2)s1. The van der Waals surface area contributed by atoms with Gasteiger partial charge in [-0.25, -0.2) is 0 Å². The first kappa shape index (κ1) is 18.1. The molecule has 0 radical (unpaired) electrons. The highest BCUT2D eigenvalue weighted by atomic mass is 32.1. The van der Waals surface area contributed by atoms with E-state index in [1.165, 1.54) is 11.3 Å². The molecule has 0 amide bonds. The molecule has 4 heteroatoms. The van der Waals surface area contributed by atoms with Gasteiger partial charge in [0.05, 0.1) is 11.3 Å². The Hall–Kier alpha value is -2.72. The van der Waals surface area contributed by atoms with Crippen molar-refractivity contribution in [2.24, 2.45) is 0 Å². The van der Waals surface area contributed by atoms with Gasteiger partial charge < -0.3 is 4.74 Å². The molecule has 3 rings (SSSR count). The lowest BCUT2D eigenvalue weighted by atomic mass is 10.0. The summed E-state index contributed by atoms with van der Waals surface area (Å²) in [6, 6.07) is 23.0. The maximum Gasteiger partial charge on any atom is 0.307 e. The zero-order valence-corrected chi connectivity index (χ0v) is 15.4. The summed E-state index contributed by atoms with van der Waals surface area (Å²) < 4.78 is 5.73. The second-order valence-electron chi connectivity index (χ2n) is 6.02. The Morgan fingerprint density at radius 1 is 0.846 bits per heavy atom. The molecule has 132 valence electrons. The Labute approximate surface area is 157 Å². The molecule has 0 aliphatic carbocycles. The van der Waals surface area contributed by atoms with Crippen molar-refractivity contribution in [3.8, 4) is 0 Å². The number of esters is 1. The molecule has 1 aromatic heterocycles. The van der Waals surface area contributed by atoms with E-state index in [2.05, 4.69) is 0 Å². The van der Waals surface area contributed by atoms with Crippen LogP contribution in [0.5, 0.6) is 0 Å². The van der Waals surface area contributed by atoms with Gasteiger partial charge in [-0.3, -0.25) is 9.59 Å². The number of hydrogen-bond acceptors (Lipinski definition) is 4. The van der Waals surface area contributed by atoms with Crippen molar-refractivity contribution in [1.82, 2.24) is 0 Å². The van der Waals surface area contributed by atoms with Crippen LogP contribution in [0.1, 0.15) is 44.6 Å². The fraction of sp³-hybridized carbons (Fsp3) is 0.182. The fourth-order valence-corrected chi connectivity index (χ4v) is 3.53. The van der Waals surface area contributed by atoms with Crippen molar-refractivity contribution in [3.05, 3.63) is 93.7 Å². The van der Waals surface area contributed by atoms with Crippen LogP contribution < -0.4 is 0 Å². The van der Waals surface area contributed by atoms with Crippen LogP contribution in [0, 0.1) is 6.92 Å².